The first kappa shape index (κ1) is 11.4. The van der Waals surface area contributed by atoms with Crippen LogP contribution in [0.15, 0.2) is 24.3 Å². The molecule has 1 aromatic rings. The lowest BCUT2D eigenvalue weighted by atomic mass is 9.95. The summed E-state index contributed by atoms with van der Waals surface area (Å²) in [5.74, 6) is 0.767. The topological polar surface area (TPSA) is 49.7 Å². The Kier molecular flexibility index (Phi) is 2.91. The summed E-state index contributed by atoms with van der Waals surface area (Å²) in [6.45, 7) is 3.18. The van der Waals surface area contributed by atoms with Crippen molar-refractivity contribution in [2.75, 3.05) is 0 Å². The molecule has 1 atom stereocenters. The lowest BCUT2D eigenvalue weighted by Crippen LogP contribution is -2.28. The van der Waals surface area contributed by atoms with Gasteiger partial charge in [-0.05, 0) is 44.4 Å². The average Bonchev–Trinajstić information content (AvgIpc) is 2.99. The van der Waals surface area contributed by atoms with Gasteiger partial charge < -0.3 is 14.9 Å². The molecular formula is C13H18O3. The van der Waals surface area contributed by atoms with Crippen molar-refractivity contribution in [3.63, 3.8) is 0 Å². The van der Waals surface area contributed by atoms with Crippen LogP contribution in [-0.4, -0.2) is 21.9 Å². The lowest BCUT2D eigenvalue weighted by molar-refractivity contribution is -0.0497. The molecular weight excluding hydrogens is 204 g/mol. The second-order valence-corrected chi connectivity index (χ2v) is 4.95. The predicted octanol–water partition coefficient (Wildman–Crippen LogP) is 2.03. The van der Waals surface area contributed by atoms with Gasteiger partial charge in [0.25, 0.3) is 0 Å². The predicted molar refractivity (Wildman–Crippen MR) is 61.3 cm³/mol. The highest BCUT2D eigenvalue weighted by Crippen LogP contribution is 2.31. The smallest absolute Gasteiger partial charge is 0.120 e. The van der Waals surface area contributed by atoms with E-state index in [0.29, 0.717) is 11.7 Å². The van der Waals surface area contributed by atoms with E-state index in [4.69, 9.17) is 4.74 Å². The van der Waals surface area contributed by atoms with Crippen LogP contribution in [-0.2, 0) is 0 Å². The number of aliphatic hydroxyl groups excluding tert-OH is 1. The van der Waals surface area contributed by atoms with E-state index in [1.807, 2.05) is 12.1 Å². The zero-order valence-corrected chi connectivity index (χ0v) is 9.68. The number of hydrogen-bond acceptors (Lipinski definition) is 3. The van der Waals surface area contributed by atoms with Gasteiger partial charge in [-0.15, -0.1) is 0 Å². The van der Waals surface area contributed by atoms with Crippen molar-refractivity contribution in [2.24, 2.45) is 0 Å². The zero-order chi connectivity index (χ0) is 11.8. The maximum atomic E-state index is 9.93. The fourth-order valence-corrected chi connectivity index (χ4v) is 1.54. The van der Waals surface area contributed by atoms with Gasteiger partial charge in [-0.3, -0.25) is 0 Å². The Labute approximate surface area is 95.7 Å². The summed E-state index contributed by atoms with van der Waals surface area (Å²) in [5, 5.41) is 19.7. The SMILES string of the molecule is CC(C)(O)C(O)c1cccc(OC2CC2)c1. The van der Waals surface area contributed by atoms with Gasteiger partial charge >= 0.3 is 0 Å². The van der Waals surface area contributed by atoms with Crippen molar-refractivity contribution in [3.05, 3.63) is 29.8 Å². The van der Waals surface area contributed by atoms with E-state index in [-0.39, 0.29) is 0 Å². The molecule has 2 rings (SSSR count). The number of ether oxygens (including phenoxy) is 1. The van der Waals surface area contributed by atoms with Crippen LogP contribution in [0.5, 0.6) is 5.75 Å². The first-order valence-corrected chi connectivity index (χ1v) is 5.64. The molecule has 1 aromatic carbocycles. The minimum atomic E-state index is -1.14. The van der Waals surface area contributed by atoms with Crippen molar-refractivity contribution in [3.8, 4) is 5.75 Å². The molecule has 1 fully saturated rings. The first-order chi connectivity index (χ1) is 7.47. The Morgan fingerprint density at radius 3 is 2.62 bits per heavy atom. The quantitative estimate of drug-likeness (QED) is 0.819. The van der Waals surface area contributed by atoms with Crippen molar-refractivity contribution in [2.45, 2.75) is 44.5 Å². The van der Waals surface area contributed by atoms with E-state index in [2.05, 4.69) is 0 Å². The van der Waals surface area contributed by atoms with Crippen LogP contribution in [0.1, 0.15) is 38.4 Å². The van der Waals surface area contributed by atoms with Crippen molar-refractivity contribution in [1.82, 2.24) is 0 Å². The number of rotatable bonds is 4. The van der Waals surface area contributed by atoms with E-state index in [1.54, 1.807) is 26.0 Å². The second-order valence-electron chi connectivity index (χ2n) is 4.95. The van der Waals surface area contributed by atoms with Crippen LogP contribution in [0, 0.1) is 0 Å². The van der Waals surface area contributed by atoms with Crippen LogP contribution in [0.4, 0.5) is 0 Å². The fraction of sp³-hybridized carbons (Fsp3) is 0.538. The number of aliphatic hydroxyl groups is 2. The van der Waals surface area contributed by atoms with Gasteiger partial charge in [0.15, 0.2) is 0 Å². The van der Waals surface area contributed by atoms with Crippen molar-refractivity contribution >= 4 is 0 Å². The van der Waals surface area contributed by atoms with Gasteiger partial charge in [-0.1, -0.05) is 12.1 Å². The minimum absolute atomic E-state index is 0.342. The van der Waals surface area contributed by atoms with Crippen molar-refractivity contribution < 1.29 is 14.9 Å². The van der Waals surface area contributed by atoms with Gasteiger partial charge in [0.1, 0.15) is 11.9 Å². The minimum Gasteiger partial charge on any atom is -0.490 e. The molecule has 0 amide bonds. The summed E-state index contributed by atoms with van der Waals surface area (Å²) in [4.78, 5) is 0. The lowest BCUT2D eigenvalue weighted by Gasteiger charge is -2.25. The van der Waals surface area contributed by atoms with Crippen LogP contribution < -0.4 is 4.74 Å². The van der Waals surface area contributed by atoms with Gasteiger partial charge in [0, 0.05) is 0 Å². The third-order valence-corrected chi connectivity index (χ3v) is 2.67. The first-order valence-electron chi connectivity index (χ1n) is 5.64. The highest BCUT2D eigenvalue weighted by atomic mass is 16.5. The largest absolute Gasteiger partial charge is 0.490 e. The monoisotopic (exact) mass is 222 g/mol. The normalized spacial score (nSPS) is 18.2. The molecule has 3 nitrogen and oxygen atoms in total. The highest BCUT2D eigenvalue weighted by molar-refractivity contribution is 5.31. The molecule has 1 aliphatic carbocycles. The maximum Gasteiger partial charge on any atom is 0.120 e. The maximum absolute atomic E-state index is 9.93. The Morgan fingerprint density at radius 2 is 2.06 bits per heavy atom. The van der Waals surface area contributed by atoms with E-state index in [1.165, 1.54) is 0 Å². The number of hydrogen-bond donors (Lipinski definition) is 2. The molecule has 16 heavy (non-hydrogen) atoms. The molecule has 0 aliphatic heterocycles. The number of benzene rings is 1. The molecule has 0 spiro atoms. The van der Waals surface area contributed by atoms with Gasteiger partial charge in [-0.2, -0.15) is 0 Å². The van der Waals surface area contributed by atoms with Crippen molar-refractivity contribution in [1.29, 1.82) is 0 Å². The van der Waals surface area contributed by atoms with E-state index < -0.39 is 11.7 Å². The molecule has 0 radical (unpaired) electrons. The van der Waals surface area contributed by atoms with Crippen LogP contribution in [0.2, 0.25) is 0 Å². The summed E-state index contributed by atoms with van der Waals surface area (Å²) >= 11 is 0. The molecule has 0 saturated heterocycles. The summed E-state index contributed by atoms with van der Waals surface area (Å²) < 4.78 is 5.64. The second kappa shape index (κ2) is 4.07. The molecule has 1 unspecified atom stereocenters. The van der Waals surface area contributed by atoms with E-state index >= 15 is 0 Å². The Hall–Kier alpha value is -1.06. The average molecular weight is 222 g/mol. The Morgan fingerprint density at radius 1 is 1.38 bits per heavy atom. The standard InChI is InChI=1S/C13H18O3/c1-13(2,15)12(14)9-4-3-5-11(8-9)16-10-6-7-10/h3-5,8,10,12,14-15H,6-7H2,1-2H3. The third-order valence-electron chi connectivity index (χ3n) is 2.67. The third kappa shape index (κ3) is 2.74. The summed E-state index contributed by atoms with van der Waals surface area (Å²) in [7, 11) is 0. The summed E-state index contributed by atoms with van der Waals surface area (Å²) in [5.41, 5.74) is -0.455. The highest BCUT2D eigenvalue weighted by Gasteiger charge is 2.27. The van der Waals surface area contributed by atoms with Gasteiger partial charge in [0.05, 0.1) is 11.7 Å². The van der Waals surface area contributed by atoms with Crippen LogP contribution >= 0.6 is 0 Å². The summed E-state index contributed by atoms with van der Waals surface area (Å²) in [6, 6.07) is 7.30. The molecule has 0 aromatic heterocycles. The molecule has 1 saturated carbocycles. The molecule has 3 heteroatoms. The Bertz CT molecular complexity index is 364. The molecule has 1 aliphatic rings. The molecule has 2 N–H and O–H groups in total. The Balaban J connectivity index is 2.14. The van der Waals surface area contributed by atoms with E-state index in [0.717, 1.165) is 18.6 Å². The molecule has 88 valence electrons. The van der Waals surface area contributed by atoms with Crippen LogP contribution in [0.25, 0.3) is 0 Å². The zero-order valence-electron chi connectivity index (χ0n) is 9.68. The summed E-state index contributed by atoms with van der Waals surface area (Å²) in [6.07, 6.45) is 1.67. The van der Waals surface area contributed by atoms with Gasteiger partial charge in [-0.25, -0.2) is 0 Å². The molecule has 0 bridgehead atoms. The van der Waals surface area contributed by atoms with Crippen LogP contribution in [0.3, 0.4) is 0 Å². The van der Waals surface area contributed by atoms with Gasteiger partial charge in [0.2, 0.25) is 0 Å². The van der Waals surface area contributed by atoms with E-state index in [9.17, 15) is 10.2 Å². The molecule has 0 heterocycles. The fourth-order valence-electron chi connectivity index (χ4n) is 1.54.